The molecule has 1 N–H and O–H groups in total. The second kappa shape index (κ2) is 10.3. The lowest BCUT2D eigenvalue weighted by Crippen LogP contribution is -2.27. The van der Waals surface area contributed by atoms with E-state index in [1.54, 1.807) is 20.3 Å². The lowest BCUT2D eigenvalue weighted by Gasteiger charge is -2.16. The van der Waals surface area contributed by atoms with Gasteiger partial charge in [0.2, 0.25) is 0 Å². The van der Waals surface area contributed by atoms with Gasteiger partial charge in [0.15, 0.2) is 18.1 Å². The summed E-state index contributed by atoms with van der Waals surface area (Å²) in [6.07, 6.45) is 1.67. The topological polar surface area (TPSA) is 76.0 Å². The van der Waals surface area contributed by atoms with Crippen LogP contribution in [0.2, 0.25) is 0 Å². The summed E-state index contributed by atoms with van der Waals surface area (Å²) in [4.78, 5) is 17.9. The van der Waals surface area contributed by atoms with Gasteiger partial charge in [-0.25, -0.2) is 4.98 Å². The van der Waals surface area contributed by atoms with Crippen molar-refractivity contribution in [2.75, 3.05) is 32.7 Å². The standard InChI is InChI=1S/C23H25BrN4O3/c1-5-30-20-12-16(11-18(24)23(20)31-14-22(29)28(3)4)13-25-27-21-10-15(2)17-8-6-7-9-19(17)26-21/h6-13H,5,14H2,1-4H3,(H,26,27)/b25-13+. The number of nitrogens with zero attached hydrogens (tertiary/aromatic N) is 3. The van der Waals surface area contributed by atoms with E-state index >= 15 is 0 Å². The second-order valence-corrected chi connectivity index (χ2v) is 7.91. The Bertz CT molecular complexity index is 1120. The van der Waals surface area contributed by atoms with Gasteiger partial charge in [0.05, 0.1) is 22.8 Å². The summed E-state index contributed by atoms with van der Waals surface area (Å²) < 4.78 is 12.1. The van der Waals surface area contributed by atoms with Gasteiger partial charge in [0.1, 0.15) is 5.82 Å². The zero-order valence-electron chi connectivity index (χ0n) is 18.0. The highest BCUT2D eigenvalue weighted by molar-refractivity contribution is 9.10. The number of benzene rings is 2. The zero-order valence-corrected chi connectivity index (χ0v) is 19.6. The quantitative estimate of drug-likeness (QED) is 0.372. The molecule has 2 aromatic carbocycles. The molecule has 3 aromatic rings. The average molecular weight is 485 g/mol. The number of nitrogens with one attached hydrogen (secondary N) is 1. The predicted molar refractivity (Wildman–Crippen MR) is 127 cm³/mol. The molecule has 1 aromatic heterocycles. The van der Waals surface area contributed by atoms with Crippen LogP contribution in [0.25, 0.3) is 10.9 Å². The first-order valence-electron chi connectivity index (χ1n) is 9.83. The number of pyridine rings is 1. The van der Waals surface area contributed by atoms with Crippen molar-refractivity contribution in [2.45, 2.75) is 13.8 Å². The number of hydrogen-bond donors (Lipinski definition) is 1. The van der Waals surface area contributed by atoms with Crippen LogP contribution in [0.4, 0.5) is 5.82 Å². The predicted octanol–water partition coefficient (Wildman–Crippen LogP) is 4.62. The molecule has 1 amide bonds. The Morgan fingerprint density at radius 3 is 2.74 bits per heavy atom. The van der Waals surface area contributed by atoms with Gasteiger partial charge in [0.25, 0.3) is 5.91 Å². The molecular formula is C23H25BrN4O3. The monoisotopic (exact) mass is 484 g/mol. The number of hydrogen-bond acceptors (Lipinski definition) is 6. The van der Waals surface area contributed by atoms with E-state index in [9.17, 15) is 4.79 Å². The van der Waals surface area contributed by atoms with Crippen LogP contribution in [0.1, 0.15) is 18.1 Å². The van der Waals surface area contributed by atoms with Crippen LogP contribution in [-0.2, 0) is 4.79 Å². The van der Waals surface area contributed by atoms with E-state index in [1.165, 1.54) is 4.90 Å². The zero-order chi connectivity index (χ0) is 22.4. The summed E-state index contributed by atoms with van der Waals surface area (Å²) in [7, 11) is 3.37. The van der Waals surface area contributed by atoms with Gasteiger partial charge in [-0.05, 0) is 65.2 Å². The molecule has 0 saturated carbocycles. The molecule has 7 nitrogen and oxygen atoms in total. The molecule has 0 unspecified atom stereocenters. The van der Waals surface area contributed by atoms with Crippen molar-refractivity contribution in [3.8, 4) is 11.5 Å². The average Bonchev–Trinajstić information content (AvgIpc) is 2.73. The number of carbonyl (C=O) groups excluding carboxylic acids is 1. The lowest BCUT2D eigenvalue weighted by molar-refractivity contribution is -0.130. The van der Waals surface area contributed by atoms with E-state index in [2.05, 4.69) is 31.4 Å². The number of carbonyl (C=O) groups is 1. The van der Waals surface area contributed by atoms with Crippen LogP contribution < -0.4 is 14.9 Å². The Labute approximate surface area is 190 Å². The molecule has 0 aliphatic rings. The van der Waals surface area contributed by atoms with Gasteiger partial charge in [-0.2, -0.15) is 5.10 Å². The molecule has 0 atom stereocenters. The number of halogens is 1. The number of anilines is 1. The van der Waals surface area contributed by atoms with Crippen molar-refractivity contribution in [2.24, 2.45) is 5.10 Å². The van der Waals surface area contributed by atoms with Crippen molar-refractivity contribution in [3.05, 3.63) is 58.1 Å². The molecule has 8 heteroatoms. The SMILES string of the molecule is CCOc1cc(/C=N/Nc2cc(C)c3ccccc3n2)cc(Br)c1OCC(=O)N(C)C. The summed E-state index contributed by atoms with van der Waals surface area (Å²) in [5, 5.41) is 5.43. The summed E-state index contributed by atoms with van der Waals surface area (Å²) in [5.74, 6) is 1.54. The third kappa shape index (κ3) is 5.73. The van der Waals surface area contributed by atoms with Crippen LogP contribution in [0, 0.1) is 6.92 Å². The minimum absolute atomic E-state index is 0.0757. The second-order valence-electron chi connectivity index (χ2n) is 7.05. The molecule has 31 heavy (non-hydrogen) atoms. The third-order valence-electron chi connectivity index (χ3n) is 4.49. The van der Waals surface area contributed by atoms with Crippen LogP contribution >= 0.6 is 15.9 Å². The van der Waals surface area contributed by atoms with Crippen molar-refractivity contribution < 1.29 is 14.3 Å². The van der Waals surface area contributed by atoms with E-state index in [0.717, 1.165) is 22.0 Å². The van der Waals surface area contributed by atoms with E-state index < -0.39 is 0 Å². The van der Waals surface area contributed by atoms with E-state index in [0.29, 0.717) is 28.4 Å². The van der Waals surface area contributed by atoms with E-state index in [1.807, 2.05) is 56.3 Å². The maximum Gasteiger partial charge on any atom is 0.259 e. The maximum absolute atomic E-state index is 11.9. The van der Waals surface area contributed by atoms with Gasteiger partial charge >= 0.3 is 0 Å². The Balaban J connectivity index is 1.78. The normalized spacial score (nSPS) is 11.0. The van der Waals surface area contributed by atoms with Gasteiger partial charge in [-0.3, -0.25) is 10.2 Å². The molecule has 0 fully saturated rings. The number of hydrazone groups is 1. The van der Waals surface area contributed by atoms with Crippen LogP contribution in [0.3, 0.4) is 0 Å². The minimum Gasteiger partial charge on any atom is -0.490 e. The molecule has 0 aliphatic carbocycles. The Morgan fingerprint density at radius 2 is 2.00 bits per heavy atom. The van der Waals surface area contributed by atoms with Gasteiger partial charge in [-0.1, -0.05) is 18.2 Å². The summed E-state index contributed by atoms with van der Waals surface area (Å²) >= 11 is 3.50. The fourth-order valence-corrected chi connectivity index (χ4v) is 3.48. The summed E-state index contributed by atoms with van der Waals surface area (Å²) in [6, 6.07) is 13.6. The first-order chi connectivity index (χ1) is 14.9. The molecule has 3 rings (SSSR count). The summed E-state index contributed by atoms with van der Waals surface area (Å²) in [6.45, 7) is 4.32. The minimum atomic E-state index is -0.137. The number of likely N-dealkylation sites (N-methyl/N-ethyl adjacent to an activating group) is 1. The number of ether oxygens (including phenoxy) is 2. The van der Waals surface area contributed by atoms with Crippen LogP contribution in [0.5, 0.6) is 11.5 Å². The molecule has 0 saturated heterocycles. The fourth-order valence-electron chi connectivity index (χ4n) is 2.91. The maximum atomic E-state index is 11.9. The largest absolute Gasteiger partial charge is 0.490 e. The molecule has 0 bridgehead atoms. The number of para-hydroxylation sites is 1. The number of fused-ring (bicyclic) bond motifs is 1. The molecule has 0 aliphatic heterocycles. The van der Waals surface area contributed by atoms with Crippen molar-refractivity contribution >= 4 is 44.8 Å². The highest BCUT2D eigenvalue weighted by Gasteiger charge is 2.14. The first-order valence-corrected chi connectivity index (χ1v) is 10.6. The molecular weight excluding hydrogens is 460 g/mol. The highest BCUT2D eigenvalue weighted by Crippen LogP contribution is 2.36. The number of aromatic nitrogens is 1. The molecule has 0 radical (unpaired) electrons. The molecule has 162 valence electrons. The molecule has 1 heterocycles. The molecule has 0 spiro atoms. The fraction of sp³-hybridized carbons (Fsp3) is 0.261. The third-order valence-corrected chi connectivity index (χ3v) is 5.08. The van der Waals surface area contributed by atoms with Gasteiger partial charge in [0, 0.05) is 19.5 Å². The Kier molecular flexibility index (Phi) is 7.46. The summed E-state index contributed by atoms with van der Waals surface area (Å²) in [5.41, 5.74) is 5.82. The number of rotatable bonds is 8. The van der Waals surface area contributed by atoms with E-state index in [4.69, 9.17) is 9.47 Å². The van der Waals surface area contributed by atoms with Gasteiger partial charge in [-0.15, -0.1) is 0 Å². The first kappa shape index (κ1) is 22.6. The number of aryl methyl sites for hydroxylation is 1. The van der Waals surface area contributed by atoms with Crippen molar-refractivity contribution in [1.29, 1.82) is 0 Å². The highest BCUT2D eigenvalue weighted by atomic mass is 79.9. The van der Waals surface area contributed by atoms with E-state index in [-0.39, 0.29) is 12.5 Å². The van der Waals surface area contributed by atoms with Gasteiger partial charge < -0.3 is 14.4 Å². The Hall–Kier alpha value is -3.13. The smallest absolute Gasteiger partial charge is 0.259 e. The van der Waals surface area contributed by atoms with Crippen LogP contribution in [-0.4, -0.2) is 49.3 Å². The van der Waals surface area contributed by atoms with Crippen LogP contribution in [0.15, 0.2) is 52.0 Å². The number of amides is 1. The Morgan fingerprint density at radius 1 is 1.23 bits per heavy atom. The van der Waals surface area contributed by atoms with Crippen molar-refractivity contribution in [3.63, 3.8) is 0 Å². The lowest BCUT2D eigenvalue weighted by atomic mass is 10.1. The van der Waals surface area contributed by atoms with Crippen molar-refractivity contribution in [1.82, 2.24) is 9.88 Å².